The molecule has 0 saturated carbocycles. The predicted octanol–water partition coefficient (Wildman–Crippen LogP) is 3.44. The van der Waals surface area contributed by atoms with Gasteiger partial charge in [-0.3, -0.25) is 9.59 Å². The van der Waals surface area contributed by atoms with E-state index in [0.29, 0.717) is 13.1 Å². The van der Waals surface area contributed by atoms with E-state index in [9.17, 15) is 22.8 Å². The minimum atomic E-state index is -4.41. The number of carbonyl (C=O) groups excluding carboxylic acids is 2. The Labute approximate surface area is 132 Å². The molecule has 1 aliphatic rings. The number of hydrogen-bond donors (Lipinski definition) is 1. The van der Waals surface area contributed by atoms with E-state index < -0.39 is 17.6 Å². The zero-order chi connectivity index (χ0) is 16.9. The number of nitrogens with zero attached hydrogens (tertiary/aromatic N) is 1. The molecule has 4 nitrogen and oxygen atoms in total. The Morgan fingerprint density at radius 3 is 2.09 bits per heavy atom. The van der Waals surface area contributed by atoms with E-state index in [4.69, 9.17) is 0 Å². The Hall–Kier alpha value is -2.05. The molecule has 7 heteroatoms. The van der Waals surface area contributed by atoms with Gasteiger partial charge in [-0.15, -0.1) is 0 Å². The van der Waals surface area contributed by atoms with Crippen molar-refractivity contribution in [3.63, 3.8) is 0 Å². The third-order valence-electron chi connectivity index (χ3n) is 3.77. The molecule has 0 aromatic heterocycles. The van der Waals surface area contributed by atoms with Crippen molar-refractivity contribution in [3.05, 3.63) is 29.8 Å². The molecule has 1 aliphatic heterocycles. The average Bonchev–Trinajstić information content (AvgIpc) is 2.75. The van der Waals surface area contributed by atoms with Crippen LogP contribution in [-0.2, 0) is 15.8 Å². The molecule has 126 valence electrons. The maximum absolute atomic E-state index is 12.5. The summed E-state index contributed by atoms with van der Waals surface area (Å²) in [5.74, 6) is -0.754. The minimum absolute atomic E-state index is 0.240. The first kappa shape index (κ1) is 17.3. The summed E-state index contributed by atoms with van der Waals surface area (Å²) in [5.41, 5.74) is -0.539. The van der Waals surface area contributed by atoms with Crippen LogP contribution < -0.4 is 5.32 Å². The largest absolute Gasteiger partial charge is 0.416 e. The van der Waals surface area contributed by atoms with Gasteiger partial charge in [0.2, 0.25) is 11.8 Å². The molecule has 0 aliphatic carbocycles. The van der Waals surface area contributed by atoms with E-state index in [2.05, 4.69) is 5.32 Å². The highest BCUT2D eigenvalue weighted by Crippen LogP contribution is 2.29. The lowest BCUT2D eigenvalue weighted by molar-refractivity contribution is -0.137. The molecule has 1 aromatic rings. The van der Waals surface area contributed by atoms with E-state index in [1.165, 1.54) is 12.1 Å². The highest BCUT2D eigenvalue weighted by molar-refractivity contribution is 6.03. The van der Waals surface area contributed by atoms with Crippen LogP contribution in [0.2, 0.25) is 0 Å². The van der Waals surface area contributed by atoms with Crippen LogP contribution in [0.25, 0.3) is 0 Å². The summed E-state index contributed by atoms with van der Waals surface area (Å²) >= 11 is 0. The van der Waals surface area contributed by atoms with Crippen molar-refractivity contribution in [3.8, 4) is 0 Å². The zero-order valence-corrected chi connectivity index (χ0v) is 12.7. The molecular weight excluding hydrogens is 309 g/mol. The number of rotatable bonds is 3. The molecule has 0 bridgehead atoms. The first-order chi connectivity index (χ1) is 10.9. The Kier molecular flexibility index (Phi) is 5.63. The van der Waals surface area contributed by atoms with Gasteiger partial charge in [-0.25, -0.2) is 0 Å². The van der Waals surface area contributed by atoms with Gasteiger partial charge in [0.15, 0.2) is 0 Å². The lowest BCUT2D eigenvalue weighted by Crippen LogP contribution is -2.34. The number of amides is 2. The smallest absolute Gasteiger partial charge is 0.342 e. The maximum Gasteiger partial charge on any atom is 0.416 e. The second-order valence-corrected chi connectivity index (χ2v) is 5.60. The molecule has 1 saturated heterocycles. The summed E-state index contributed by atoms with van der Waals surface area (Å²) in [6.07, 6.45) is -0.659. The first-order valence-electron chi connectivity index (χ1n) is 7.61. The van der Waals surface area contributed by atoms with Crippen LogP contribution in [0.1, 0.15) is 37.7 Å². The monoisotopic (exact) mass is 328 g/mol. The molecule has 23 heavy (non-hydrogen) atoms. The van der Waals surface area contributed by atoms with Gasteiger partial charge in [0, 0.05) is 18.8 Å². The summed E-state index contributed by atoms with van der Waals surface area (Å²) in [4.78, 5) is 25.6. The molecular formula is C16H19F3N2O2. The van der Waals surface area contributed by atoms with Gasteiger partial charge in [0.25, 0.3) is 0 Å². The second-order valence-electron chi connectivity index (χ2n) is 5.60. The quantitative estimate of drug-likeness (QED) is 0.864. The molecule has 1 heterocycles. The van der Waals surface area contributed by atoms with Gasteiger partial charge < -0.3 is 10.2 Å². The van der Waals surface area contributed by atoms with Crippen LogP contribution in [0, 0.1) is 0 Å². The summed E-state index contributed by atoms with van der Waals surface area (Å²) in [6, 6.07) is 4.15. The van der Waals surface area contributed by atoms with Gasteiger partial charge in [-0.05, 0) is 37.1 Å². The Balaban J connectivity index is 1.87. The van der Waals surface area contributed by atoms with E-state index in [1.807, 2.05) is 0 Å². The highest BCUT2D eigenvalue weighted by Gasteiger charge is 2.30. The second kappa shape index (κ2) is 7.48. The number of anilines is 1. The Morgan fingerprint density at radius 1 is 1.00 bits per heavy atom. The number of hydrogen-bond acceptors (Lipinski definition) is 2. The van der Waals surface area contributed by atoms with Crippen molar-refractivity contribution in [2.45, 2.75) is 38.3 Å². The Bertz CT molecular complexity index is 547. The molecule has 2 amide bonds. The molecule has 1 aromatic carbocycles. The van der Waals surface area contributed by atoms with Crippen molar-refractivity contribution < 1.29 is 22.8 Å². The lowest BCUT2D eigenvalue weighted by atomic mass is 10.2. The zero-order valence-electron chi connectivity index (χ0n) is 12.7. The molecule has 1 N–H and O–H groups in total. The first-order valence-corrected chi connectivity index (χ1v) is 7.61. The molecule has 1 fully saturated rings. The molecule has 2 rings (SSSR count). The van der Waals surface area contributed by atoms with Gasteiger partial charge in [0.1, 0.15) is 6.42 Å². The van der Waals surface area contributed by atoms with Crippen LogP contribution in [0.4, 0.5) is 18.9 Å². The third-order valence-corrected chi connectivity index (χ3v) is 3.77. The van der Waals surface area contributed by atoms with Crippen LogP contribution in [0.3, 0.4) is 0 Å². The summed E-state index contributed by atoms with van der Waals surface area (Å²) < 4.78 is 37.4. The third kappa shape index (κ3) is 5.26. The molecule has 0 unspecified atom stereocenters. The number of halogens is 3. The number of likely N-dealkylation sites (tertiary alicyclic amines) is 1. The van der Waals surface area contributed by atoms with Gasteiger partial charge in [0.05, 0.1) is 5.56 Å². The topological polar surface area (TPSA) is 49.4 Å². The maximum atomic E-state index is 12.5. The lowest BCUT2D eigenvalue weighted by Gasteiger charge is -2.20. The van der Waals surface area contributed by atoms with Crippen molar-refractivity contribution in [1.82, 2.24) is 4.90 Å². The van der Waals surface area contributed by atoms with Crippen LogP contribution >= 0.6 is 0 Å². The highest BCUT2D eigenvalue weighted by atomic mass is 19.4. The van der Waals surface area contributed by atoms with E-state index in [0.717, 1.165) is 37.8 Å². The fourth-order valence-corrected chi connectivity index (χ4v) is 2.52. The van der Waals surface area contributed by atoms with E-state index in [1.54, 1.807) is 4.90 Å². The number of benzene rings is 1. The number of alkyl halides is 3. The summed E-state index contributed by atoms with van der Waals surface area (Å²) in [5, 5.41) is 2.45. The van der Waals surface area contributed by atoms with Gasteiger partial charge in [-0.2, -0.15) is 13.2 Å². The van der Waals surface area contributed by atoms with Crippen LogP contribution in [-0.4, -0.2) is 29.8 Å². The van der Waals surface area contributed by atoms with Crippen molar-refractivity contribution in [1.29, 1.82) is 0 Å². The minimum Gasteiger partial charge on any atom is -0.342 e. The summed E-state index contributed by atoms with van der Waals surface area (Å²) in [7, 11) is 0. The van der Waals surface area contributed by atoms with Gasteiger partial charge in [-0.1, -0.05) is 12.8 Å². The van der Waals surface area contributed by atoms with Crippen LogP contribution in [0.5, 0.6) is 0 Å². The number of carbonyl (C=O) groups is 2. The average molecular weight is 328 g/mol. The Morgan fingerprint density at radius 2 is 1.57 bits per heavy atom. The van der Waals surface area contributed by atoms with E-state index >= 15 is 0 Å². The van der Waals surface area contributed by atoms with E-state index in [-0.39, 0.29) is 18.0 Å². The van der Waals surface area contributed by atoms with Gasteiger partial charge >= 0.3 is 6.18 Å². The fourth-order valence-electron chi connectivity index (χ4n) is 2.52. The SMILES string of the molecule is O=C(CC(=O)N1CCCCCC1)Nc1ccc(C(F)(F)F)cc1. The van der Waals surface area contributed by atoms with Crippen LogP contribution in [0.15, 0.2) is 24.3 Å². The molecule has 0 spiro atoms. The predicted molar refractivity (Wildman–Crippen MR) is 79.7 cm³/mol. The van der Waals surface area contributed by atoms with Crippen molar-refractivity contribution in [2.24, 2.45) is 0 Å². The standard InChI is InChI=1S/C16H19F3N2O2/c17-16(18,19)12-5-7-13(8-6-12)20-14(22)11-15(23)21-9-3-1-2-4-10-21/h5-8H,1-4,9-11H2,(H,20,22). The number of nitrogens with one attached hydrogen (secondary N) is 1. The fraction of sp³-hybridized carbons (Fsp3) is 0.500. The normalized spacial score (nSPS) is 15.9. The molecule has 0 radical (unpaired) electrons. The molecule has 0 atom stereocenters. The summed E-state index contributed by atoms with van der Waals surface area (Å²) in [6.45, 7) is 1.32. The van der Waals surface area contributed by atoms with Crippen molar-refractivity contribution in [2.75, 3.05) is 18.4 Å². The van der Waals surface area contributed by atoms with Crippen molar-refractivity contribution >= 4 is 17.5 Å².